The van der Waals surface area contributed by atoms with Crippen LogP contribution in [0.15, 0.2) is 35.4 Å². The van der Waals surface area contributed by atoms with Crippen molar-refractivity contribution in [2.75, 3.05) is 0 Å². The van der Waals surface area contributed by atoms with Crippen LogP contribution in [-0.2, 0) is 0 Å². The highest BCUT2D eigenvalue weighted by Gasteiger charge is 1.85. The molecule has 0 amide bonds. The molecule has 0 spiro atoms. The molecule has 0 heterocycles. The molecule has 0 radical (unpaired) electrons. The van der Waals surface area contributed by atoms with Crippen LogP contribution in [0.1, 0.15) is 26.7 Å². The third-order valence-electron chi connectivity index (χ3n) is 1.43. The molecule has 0 aliphatic heterocycles. The SMILES string of the molecule is C=C(C=CC/C(Cl)=C\C)CC. The van der Waals surface area contributed by atoms with Gasteiger partial charge in [0.15, 0.2) is 0 Å². The molecule has 0 N–H and O–H groups in total. The molecule has 0 nitrogen and oxygen atoms in total. The molecule has 0 rings (SSSR count). The van der Waals surface area contributed by atoms with Crippen LogP contribution in [0.5, 0.6) is 0 Å². The van der Waals surface area contributed by atoms with Crippen molar-refractivity contribution in [2.45, 2.75) is 26.7 Å². The minimum Gasteiger partial charge on any atom is -0.0959 e. The van der Waals surface area contributed by atoms with Gasteiger partial charge in [0.05, 0.1) is 0 Å². The van der Waals surface area contributed by atoms with Crippen LogP contribution in [0, 0.1) is 0 Å². The Bertz CT molecular complexity index is 175. The lowest BCUT2D eigenvalue weighted by molar-refractivity contribution is 1.15. The molecule has 0 aliphatic rings. The molecule has 0 aliphatic carbocycles. The third-order valence-corrected chi connectivity index (χ3v) is 1.81. The summed E-state index contributed by atoms with van der Waals surface area (Å²) in [5.41, 5.74) is 1.14. The fraction of sp³-hybridized carbons (Fsp3) is 0.400. The van der Waals surface area contributed by atoms with Gasteiger partial charge >= 0.3 is 0 Å². The van der Waals surface area contributed by atoms with Crippen molar-refractivity contribution < 1.29 is 0 Å². The molecule has 62 valence electrons. The molecular weight excluding hydrogens is 156 g/mol. The normalized spacial score (nSPS) is 12.5. The van der Waals surface area contributed by atoms with E-state index < -0.39 is 0 Å². The molecule has 0 saturated carbocycles. The van der Waals surface area contributed by atoms with E-state index in [1.165, 1.54) is 0 Å². The van der Waals surface area contributed by atoms with E-state index >= 15 is 0 Å². The highest BCUT2D eigenvalue weighted by atomic mass is 35.5. The zero-order valence-corrected chi connectivity index (χ0v) is 7.99. The summed E-state index contributed by atoms with van der Waals surface area (Å²) < 4.78 is 0. The van der Waals surface area contributed by atoms with Crippen molar-refractivity contribution in [1.29, 1.82) is 0 Å². The summed E-state index contributed by atoms with van der Waals surface area (Å²) in [4.78, 5) is 0. The molecular formula is C10H15Cl. The standard InChI is InChI=1S/C10H15Cl/c1-4-9(3)7-6-8-10(11)5-2/h5-7H,3-4,8H2,1-2H3/b7-6?,10-5+. The maximum atomic E-state index is 5.77. The minimum atomic E-state index is 0.817. The van der Waals surface area contributed by atoms with Crippen molar-refractivity contribution >= 4 is 11.6 Å². The second kappa shape index (κ2) is 6.23. The largest absolute Gasteiger partial charge is 0.0959 e. The number of hydrogen-bond acceptors (Lipinski definition) is 0. The zero-order chi connectivity index (χ0) is 8.69. The molecule has 0 aromatic heterocycles. The third kappa shape index (κ3) is 5.93. The van der Waals surface area contributed by atoms with Crippen LogP contribution in [0.4, 0.5) is 0 Å². The van der Waals surface area contributed by atoms with E-state index in [-0.39, 0.29) is 0 Å². The second-order valence-electron chi connectivity index (χ2n) is 2.35. The molecule has 0 unspecified atom stereocenters. The quantitative estimate of drug-likeness (QED) is 0.559. The van der Waals surface area contributed by atoms with Gasteiger partial charge in [-0.05, 0) is 13.3 Å². The van der Waals surface area contributed by atoms with Crippen molar-refractivity contribution in [1.82, 2.24) is 0 Å². The molecule has 11 heavy (non-hydrogen) atoms. The summed E-state index contributed by atoms with van der Waals surface area (Å²) in [7, 11) is 0. The Labute approximate surface area is 74.3 Å². The highest BCUT2D eigenvalue weighted by Crippen LogP contribution is 2.08. The predicted molar refractivity (Wildman–Crippen MR) is 52.8 cm³/mol. The van der Waals surface area contributed by atoms with Crippen LogP contribution in [0.25, 0.3) is 0 Å². The van der Waals surface area contributed by atoms with E-state index in [2.05, 4.69) is 13.5 Å². The summed E-state index contributed by atoms with van der Waals surface area (Å²) in [5, 5.41) is 0.880. The van der Waals surface area contributed by atoms with Gasteiger partial charge in [-0.3, -0.25) is 0 Å². The molecule has 1 heteroatoms. The second-order valence-corrected chi connectivity index (χ2v) is 2.84. The summed E-state index contributed by atoms with van der Waals surface area (Å²) in [6.07, 6.45) is 7.78. The van der Waals surface area contributed by atoms with Crippen LogP contribution >= 0.6 is 11.6 Å². The molecule has 0 atom stereocenters. The monoisotopic (exact) mass is 170 g/mol. The van der Waals surface area contributed by atoms with Crippen LogP contribution in [0.3, 0.4) is 0 Å². The van der Waals surface area contributed by atoms with E-state index in [0.717, 1.165) is 23.4 Å². The van der Waals surface area contributed by atoms with Gasteiger partial charge in [-0.1, -0.05) is 48.9 Å². The summed E-state index contributed by atoms with van der Waals surface area (Å²) in [5.74, 6) is 0. The maximum absolute atomic E-state index is 5.77. The smallest absolute Gasteiger partial charge is 0.0176 e. The van der Waals surface area contributed by atoms with Crippen molar-refractivity contribution in [2.24, 2.45) is 0 Å². The van der Waals surface area contributed by atoms with Crippen molar-refractivity contribution in [3.05, 3.63) is 35.4 Å². The summed E-state index contributed by atoms with van der Waals surface area (Å²) in [6, 6.07) is 0. The van der Waals surface area contributed by atoms with E-state index in [0.29, 0.717) is 0 Å². The topological polar surface area (TPSA) is 0 Å². The Kier molecular flexibility index (Phi) is 5.96. The summed E-state index contributed by atoms with van der Waals surface area (Å²) >= 11 is 5.77. The van der Waals surface area contributed by atoms with Gasteiger partial charge in [0.25, 0.3) is 0 Å². The summed E-state index contributed by atoms with van der Waals surface area (Å²) in [6.45, 7) is 7.87. The highest BCUT2D eigenvalue weighted by molar-refractivity contribution is 6.29. The number of hydrogen-bond donors (Lipinski definition) is 0. The molecule has 0 bridgehead atoms. The van der Waals surface area contributed by atoms with E-state index in [1.54, 1.807) is 0 Å². The maximum Gasteiger partial charge on any atom is 0.0176 e. The Balaban J connectivity index is 3.69. The lowest BCUT2D eigenvalue weighted by Crippen LogP contribution is -1.70. The first-order valence-electron chi connectivity index (χ1n) is 3.85. The van der Waals surface area contributed by atoms with Gasteiger partial charge in [0.1, 0.15) is 0 Å². The number of halogens is 1. The van der Waals surface area contributed by atoms with Gasteiger partial charge in [0, 0.05) is 11.5 Å². The van der Waals surface area contributed by atoms with Gasteiger partial charge < -0.3 is 0 Å². The van der Waals surface area contributed by atoms with Crippen LogP contribution < -0.4 is 0 Å². The van der Waals surface area contributed by atoms with Gasteiger partial charge in [0.2, 0.25) is 0 Å². The fourth-order valence-corrected chi connectivity index (χ4v) is 0.663. The average molecular weight is 171 g/mol. The first-order valence-corrected chi connectivity index (χ1v) is 4.23. The Morgan fingerprint density at radius 1 is 1.55 bits per heavy atom. The van der Waals surface area contributed by atoms with Gasteiger partial charge in [-0.25, -0.2) is 0 Å². The molecule has 0 aromatic carbocycles. The Morgan fingerprint density at radius 2 is 2.18 bits per heavy atom. The van der Waals surface area contributed by atoms with Crippen molar-refractivity contribution in [3.8, 4) is 0 Å². The molecule has 0 aromatic rings. The van der Waals surface area contributed by atoms with Crippen LogP contribution in [-0.4, -0.2) is 0 Å². The van der Waals surface area contributed by atoms with Crippen molar-refractivity contribution in [3.63, 3.8) is 0 Å². The van der Waals surface area contributed by atoms with E-state index in [4.69, 9.17) is 11.6 Å². The Hall–Kier alpha value is -0.490. The average Bonchev–Trinajstić information content (AvgIpc) is 2.04. The van der Waals surface area contributed by atoms with Crippen LogP contribution in [0.2, 0.25) is 0 Å². The molecule has 0 fully saturated rings. The van der Waals surface area contributed by atoms with E-state index in [1.807, 2.05) is 25.2 Å². The number of rotatable bonds is 4. The molecule has 0 saturated heterocycles. The minimum absolute atomic E-state index is 0.817. The van der Waals surface area contributed by atoms with Gasteiger partial charge in [-0.15, -0.1) is 0 Å². The Morgan fingerprint density at radius 3 is 2.64 bits per heavy atom. The lowest BCUT2D eigenvalue weighted by atomic mass is 10.2. The zero-order valence-electron chi connectivity index (χ0n) is 7.23. The van der Waals surface area contributed by atoms with Gasteiger partial charge in [-0.2, -0.15) is 0 Å². The lowest BCUT2D eigenvalue weighted by Gasteiger charge is -1.91. The first kappa shape index (κ1) is 10.5. The first-order chi connectivity index (χ1) is 5.20. The fourth-order valence-electron chi connectivity index (χ4n) is 0.574. The predicted octanol–water partition coefficient (Wildman–Crippen LogP) is 4.04. The van der Waals surface area contributed by atoms with E-state index in [9.17, 15) is 0 Å². The number of allylic oxidation sites excluding steroid dienone is 5.